The van der Waals surface area contributed by atoms with Crippen LogP contribution < -0.4 is 16.0 Å². The Morgan fingerprint density at radius 2 is 2.16 bits per heavy atom. The van der Waals surface area contributed by atoms with Crippen LogP contribution in [0.25, 0.3) is 10.2 Å². The maximum Gasteiger partial charge on any atom is 0.263 e. The van der Waals surface area contributed by atoms with E-state index in [-0.39, 0.29) is 24.5 Å². The summed E-state index contributed by atoms with van der Waals surface area (Å²) < 4.78 is 12.9. The molecule has 31 heavy (non-hydrogen) atoms. The van der Waals surface area contributed by atoms with Crippen LogP contribution in [0.5, 0.6) is 0 Å². The van der Waals surface area contributed by atoms with Gasteiger partial charge in [0.05, 0.1) is 12.4 Å². The molecule has 162 valence electrons. The van der Waals surface area contributed by atoms with Crippen molar-refractivity contribution in [2.75, 3.05) is 30.4 Å². The summed E-state index contributed by atoms with van der Waals surface area (Å²) in [5.41, 5.74) is 9.91. The Morgan fingerprint density at radius 3 is 2.97 bits per heavy atom. The topological polar surface area (TPSA) is 84.1 Å². The summed E-state index contributed by atoms with van der Waals surface area (Å²) in [7, 11) is 0. The Morgan fingerprint density at radius 1 is 1.29 bits per heavy atom. The SMILES string of the molecule is Cc1ccc2c(N)c(C(=O)NC3CCc4nc(N5CC[C@@H](CF)C5)ccc4C3)sc2n1. The van der Waals surface area contributed by atoms with Crippen molar-refractivity contribution in [3.8, 4) is 0 Å². The largest absolute Gasteiger partial charge is 0.397 e. The number of aryl methyl sites for hydroxylation is 2. The first-order valence-electron chi connectivity index (χ1n) is 10.8. The number of nitrogens with two attached hydrogens (primary N) is 1. The second-order valence-corrected chi connectivity index (χ2v) is 9.59. The predicted molar refractivity (Wildman–Crippen MR) is 123 cm³/mol. The van der Waals surface area contributed by atoms with Crippen LogP contribution in [-0.4, -0.2) is 41.7 Å². The van der Waals surface area contributed by atoms with Gasteiger partial charge in [0, 0.05) is 41.8 Å². The maximum atomic E-state index is 12.9. The van der Waals surface area contributed by atoms with Gasteiger partial charge in [-0.1, -0.05) is 6.07 Å². The molecule has 0 saturated carbocycles. The van der Waals surface area contributed by atoms with E-state index in [2.05, 4.69) is 21.3 Å². The van der Waals surface area contributed by atoms with Gasteiger partial charge in [-0.3, -0.25) is 9.18 Å². The summed E-state index contributed by atoms with van der Waals surface area (Å²) in [6.45, 7) is 3.27. The molecule has 1 amide bonds. The summed E-state index contributed by atoms with van der Waals surface area (Å²) in [4.78, 5) is 25.8. The van der Waals surface area contributed by atoms with Crippen molar-refractivity contribution in [3.63, 3.8) is 0 Å². The summed E-state index contributed by atoms with van der Waals surface area (Å²) in [6.07, 6.45) is 3.30. The standard InChI is InChI=1S/C23H26FN5OS/c1-13-2-5-17-20(25)21(31-23(17)26-13)22(30)27-16-4-6-18-15(10-16)3-7-19(28-18)29-9-8-14(11-24)12-29/h2-3,5,7,14,16H,4,6,8-12,25H2,1H3,(H,27,30)/t14-,16?/m0/s1. The number of aromatic nitrogens is 2. The number of nitrogens with zero attached hydrogens (tertiary/aromatic N) is 3. The number of nitrogen functional groups attached to an aromatic ring is 1. The Balaban J connectivity index is 1.28. The van der Waals surface area contributed by atoms with Crippen LogP contribution in [0.15, 0.2) is 24.3 Å². The smallest absolute Gasteiger partial charge is 0.263 e. The number of carbonyl (C=O) groups is 1. The zero-order chi connectivity index (χ0) is 21.5. The summed E-state index contributed by atoms with van der Waals surface area (Å²) in [5.74, 6) is 0.932. The van der Waals surface area contributed by atoms with Crippen LogP contribution in [-0.2, 0) is 12.8 Å². The highest BCUT2D eigenvalue weighted by Gasteiger charge is 2.27. The van der Waals surface area contributed by atoms with Crippen LogP contribution in [0.1, 0.15) is 39.5 Å². The van der Waals surface area contributed by atoms with Gasteiger partial charge in [0.2, 0.25) is 0 Å². The van der Waals surface area contributed by atoms with Gasteiger partial charge in [0.1, 0.15) is 15.5 Å². The van der Waals surface area contributed by atoms with E-state index < -0.39 is 0 Å². The number of hydrogen-bond donors (Lipinski definition) is 2. The van der Waals surface area contributed by atoms with Gasteiger partial charge in [-0.25, -0.2) is 9.97 Å². The highest BCUT2D eigenvalue weighted by Crippen LogP contribution is 2.33. The average molecular weight is 440 g/mol. The van der Waals surface area contributed by atoms with Gasteiger partial charge in [-0.05, 0) is 56.4 Å². The quantitative estimate of drug-likeness (QED) is 0.648. The molecule has 0 spiro atoms. The molecule has 3 N–H and O–H groups in total. The number of carbonyl (C=O) groups excluding carboxylic acids is 1. The predicted octanol–water partition coefficient (Wildman–Crippen LogP) is 3.67. The van der Waals surface area contributed by atoms with E-state index in [1.165, 1.54) is 16.9 Å². The third-order valence-corrected chi connectivity index (χ3v) is 7.47. The van der Waals surface area contributed by atoms with Gasteiger partial charge in [0.25, 0.3) is 5.91 Å². The minimum Gasteiger partial charge on any atom is -0.397 e. The van der Waals surface area contributed by atoms with Crippen LogP contribution in [0.3, 0.4) is 0 Å². The fourth-order valence-corrected chi connectivity index (χ4v) is 5.62. The molecule has 8 heteroatoms. The minimum atomic E-state index is -0.261. The number of hydrogen-bond acceptors (Lipinski definition) is 6. The molecule has 3 aromatic heterocycles. The zero-order valence-corrected chi connectivity index (χ0v) is 18.3. The molecule has 2 aliphatic rings. The molecule has 0 radical (unpaired) electrons. The van der Waals surface area contributed by atoms with Gasteiger partial charge in [0.15, 0.2) is 0 Å². The van der Waals surface area contributed by atoms with Crippen molar-refractivity contribution in [1.82, 2.24) is 15.3 Å². The monoisotopic (exact) mass is 439 g/mol. The molecule has 1 aliphatic heterocycles. The van der Waals surface area contributed by atoms with E-state index >= 15 is 0 Å². The summed E-state index contributed by atoms with van der Waals surface area (Å²) >= 11 is 1.35. The maximum absolute atomic E-state index is 12.9. The molecule has 0 bridgehead atoms. The van der Waals surface area contributed by atoms with Gasteiger partial charge < -0.3 is 16.0 Å². The van der Waals surface area contributed by atoms with E-state index in [1.807, 2.05) is 25.1 Å². The Labute approximate surface area is 184 Å². The number of rotatable bonds is 4. The van der Waals surface area contributed by atoms with Crippen LogP contribution in [0.4, 0.5) is 15.9 Å². The number of alkyl halides is 1. The fraction of sp³-hybridized carbons (Fsp3) is 0.435. The number of amides is 1. The van der Waals surface area contributed by atoms with Crippen LogP contribution in [0.2, 0.25) is 0 Å². The average Bonchev–Trinajstić information content (AvgIpc) is 3.38. The Hall–Kier alpha value is -2.74. The molecule has 1 saturated heterocycles. The first kappa shape index (κ1) is 20.2. The van der Waals surface area contributed by atoms with Crippen LogP contribution >= 0.6 is 11.3 Å². The molecule has 1 unspecified atom stereocenters. The van der Waals surface area contributed by atoms with E-state index in [4.69, 9.17) is 10.7 Å². The van der Waals surface area contributed by atoms with Crippen molar-refractivity contribution in [1.29, 1.82) is 0 Å². The Bertz CT molecular complexity index is 1150. The molecule has 5 rings (SSSR count). The third kappa shape index (κ3) is 3.84. The molecule has 3 aromatic rings. The molecule has 4 heterocycles. The lowest BCUT2D eigenvalue weighted by molar-refractivity contribution is 0.0938. The lowest BCUT2D eigenvalue weighted by Gasteiger charge is -2.26. The van der Waals surface area contributed by atoms with Gasteiger partial charge in [-0.2, -0.15) is 0 Å². The van der Waals surface area contributed by atoms with E-state index in [0.29, 0.717) is 10.6 Å². The Kier molecular flexibility index (Phi) is 5.25. The highest BCUT2D eigenvalue weighted by atomic mass is 32.1. The molecule has 0 aromatic carbocycles. The highest BCUT2D eigenvalue weighted by molar-refractivity contribution is 7.21. The van der Waals surface area contributed by atoms with Crippen LogP contribution in [0, 0.1) is 12.8 Å². The lowest BCUT2D eigenvalue weighted by atomic mass is 9.91. The van der Waals surface area contributed by atoms with Crippen molar-refractivity contribution in [2.45, 2.75) is 38.6 Å². The zero-order valence-electron chi connectivity index (χ0n) is 17.5. The number of anilines is 2. The molecule has 1 aliphatic carbocycles. The number of fused-ring (bicyclic) bond motifs is 2. The molecular formula is C23H26FN5OS. The van der Waals surface area contributed by atoms with Crippen molar-refractivity contribution in [2.24, 2.45) is 5.92 Å². The molecule has 2 atom stereocenters. The molecule has 1 fully saturated rings. The second-order valence-electron chi connectivity index (χ2n) is 8.59. The van der Waals surface area contributed by atoms with E-state index in [9.17, 15) is 9.18 Å². The third-order valence-electron chi connectivity index (χ3n) is 6.35. The minimum absolute atomic E-state index is 0.0506. The van der Waals surface area contributed by atoms with E-state index in [1.54, 1.807) is 0 Å². The molecular weight excluding hydrogens is 413 g/mol. The van der Waals surface area contributed by atoms with Crippen molar-refractivity contribution < 1.29 is 9.18 Å². The number of halogens is 1. The van der Waals surface area contributed by atoms with E-state index in [0.717, 1.165) is 66.2 Å². The number of thiophene rings is 1. The summed E-state index contributed by atoms with van der Waals surface area (Å²) in [5, 5.41) is 4.00. The van der Waals surface area contributed by atoms with Gasteiger partial charge in [-0.15, -0.1) is 11.3 Å². The lowest BCUT2D eigenvalue weighted by Crippen LogP contribution is -2.39. The van der Waals surface area contributed by atoms with Gasteiger partial charge >= 0.3 is 0 Å². The normalized spacial score (nSPS) is 20.8. The number of pyridine rings is 2. The first-order valence-corrected chi connectivity index (χ1v) is 11.6. The van der Waals surface area contributed by atoms with Crippen molar-refractivity contribution >= 4 is 39.0 Å². The number of nitrogens with one attached hydrogen (secondary N) is 1. The molecule has 6 nitrogen and oxygen atoms in total. The first-order chi connectivity index (χ1) is 15.0. The fourth-order valence-electron chi connectivity index (χ4n) is 4.57. The second kappa shape index (κ2) is 8.07. The van der Waals surface area contributed by atoms with Crippen molar-refractivity contribution in [3.05, 3.63) is 46.1 Å². The summed E-state index contributed by atoms with van der Waals surface area (Å²) in [6, 6.07) is 8.03.